The summed E-state index contributed by atoms with van der Waals surface area (Å²) in [5.41, 5.74) is 0.463. The van der Waals surface area contributed by atoms with E-state index in [-0.39, 0.29) is 6.61 Å². The van der Waals surface area contributed by atoms with E-state index in [9.17, 15) is 13.2 Å². The molecular formula is C13H8BrF3O. The van der Waals surface area contributed by atoms with E-state index in [1.54, 1.807) is 0 Å². The molecule has 2 aromatic rings. The van der Waals surface area contributed by atoms with Gasteiger partial charge in [-0.15, -0.1) is 0 Å². The molecule has 0 fully saturated rings. The quantitative estimate of drug-likeness (QED) is 0.813. The van der Waals surface area contributed by atoms with Gasteiger partial charge in [0, 0.05) is 6.07 Å². The predicted molar refractivity (Wildman–Crippen MR) is 64.8 cm³/mol. The van der Waals surface area contributed by atoms with E-state index in [1.807, 2.05) is 0 Å². The third-order valence-corrected chi connectivity index (χ3v) is 2.93. The van der Waals surface area contributed by atoms with Gasteiger partial charge in [-0.25, -0.2) is 13.2 Å². The first-order valence-corrected chi connectivity index (χ1v) is 5.87. The zero-order valence-corrected chi connectivity index (χ0v) is 10.7. The van der Waals surface area contributed by atoms with Gasteiger partial charge < -0.3 is 4.74 Å². The SMILES string of the molecule is Fc1ccc(Br)c(OCc2ccc(F)c(F)c2)c1. The zero-order valence-electron chi connectivity index (χ0n) is 9.09. The Balaban J connectivity index is 2.11. The summed E-state index contributed by atoms with van der Waals surface area (Å²) in [5, 5.41) is 0. The third-order valence-electron chi connectivity index (χ3n) is 2.27. The number of hydrogen-bond donors (Lipinski definition) is 0. The molecule has 0 aromatic heterocycles. The van der Waals surface area contributed by atoms with Crippen LogP contribution in [0.15, 0.2) is 40.9 Å². The van der Waals surface area contributed by atoms with Crippen LogP contribution in [0, 0.1) is 17.5 Å². The second-order valence-corrected chi connectivity index (χ2v) is 4.47. The normalized spacial score (nSPS) is 10.4. The maximum absolute atomic E-state index is 13.0. The van der Waals surface area contributed by atoms with E-state index >= 15 is 0 Å². The first-order chi connectivity index (χ1) is 8.56. The molecule has 94 valence electrons. The highest BCUT2D eigenvalue weighted by Crippen LogP contribution is 2.26. The molecule has 0 radical (unpaired) electrons. The Hall–Kier alpha value is -1.49. The fraction of sp³-hybridized carbons (Fsp3) is 0.0769. The van der Waals surface area contributed by atoms with Crippen LogP contribution < -0.4 is 4.74 Å². The summed E-state index contributed by atoms with van der Waals surface area (Å²) in [7, 11) is 0. The fourth-order valence-corrected chi connectivity index (χ4v) is 1.74. The maximum Gasteiger partial charge on any atom is 0.159 e. The Kier molecular flexibility index (Phi) is 3.91. The van der Waals surface area contributed by atoms with Crippen LogP contribution in [-0.2, 0) is 6.61 Å². The minimum atomic E-state index is -0.936. The maximum atomic E-state index is 13.0. The predicted octanol–water partition coefficient (Wildman–Crippen LogP) is 4.45. The van der Waals surface area contributed by atoms with Gasteiger partial charge in [0.1, 0.15) is 18.2 Å². The number of halogens is 4. The van der Waals surface area contributed by atoms with E-state index < -0.39 is 17.5 Å². The van der Waals surface area contributed by atoms with Crippen molar-refractivity contribution in [2.24, 2.45) is 0 Å². The van der Waals surface area contributed by atoms with Crippen molar-refractivity contribution in [2.75, 3.05) is 0 Å². The van der Waals surface area contributed by atoms with Crippen LogP contribution in [0.5, 0.6) is 5.75 Å². The summed E-state index contributed by atoms with van der Waals surface area (Å²) in [4.78, 5) is 0. The van der Waals surface area contributed by atoms with E-state index in [1.165, 1.54) is 24.3 Å². The number of ether oxygens (including phenoxy) is 1. The number of rotatable bonds is 3. The molecule has 0 heterocycles. The van der Waals surface area contributed by atoms with Gasteiger partial charge in [0.05, 0.1) is 4.47 Å². The van der Waals surface area contributed by atoms with Crippen LogP contribution in [0.25, 0.3) is 0 Å². The largest absolute Gasteiger partial charge is 0.488 e. The molecule has 18 heavy (non-hydrogen) atoms. The molecule has 0 spiro atoms. The van der Waals surface area contributed by atoms with Gasteiger partial charge in [0.25, 0.3) is 0 Å². The van der Waals surface area contributed by atoms with Crippen molar-refractivity contribution in [2.45, 2.75) is 6.61 Å². The lowest BCUT2D eigenvalue weighted by Crippen LogP contribution is -1.98. The standard InChI is InChI=1S/C13H8BrF3O/c14-10-3-2-9(15)6-13(10)18-7-8-1-4-11(16)12(17)5-8/h1-6H,7H2. The lowest BCUT2D eigenvalue weighted by Gasteiger charge is -2.08. The fourth-order valence-electron chi connectivity index (χ4n) is 1.38. The minimum absolute atomic E-state index is 0.0270. The van der Waals surface area contributed by atoms with Crippen molar-refractivity contribution >= 4 is 15.9 Å². The lowest BCUT2D eigenvalue weighted by atomic mass is 10.2. The molecule has 0 aliphatic rings. The Morgan fingerprint density at radius 3 is 2.44 bits per heavy atom. The van der Waals surface area contributed by atoms with Crippen LogP contribution >= 0.6 is 15.9 Å². The number of benzene rings is 2. The van der Waals surface area contributed by atoms with Gasteiger partial charge in [-0.3, -0.25) is 0 Å². The van der Waals surface area contributed by atoms with Crippen LogP contribution in [0.2, 0.25) is 0 Å². The lowest BCUT2D eigenvalue weighted by molar-refractivity contribution is 0.301. The van der Waals surface area contributed by atoms with E-state index in [2.05, 4.69) is 15.9 Å². The Labute approximate surface area is 110 Å². The summed E-state index contributed by atoms with van der Waals surface area (Å²) in [6, 6.07) is 7.48. The molecule has 0 bridgehead atoms. The van der Waals surface area contributed by atoms with Gasteiger partial charge in [-0.2, -0.15) is 0 Å². The molecule has 0 unspecified atom stereocenters. The molecule has 0 aliphatic carbocycles. The molecule has 0 saturated heterocycles. The van der Waals surface area contributed by atoms with E-state index in [0.29, 0.717) is 15.8 Å². The highest BCUT2D eigenvalue weighted by Gasteiger charge is 2.06. The van der Waals surface area contributed by atoms with Gasteiger partial charge >= 0.3 is 0 Å². The second-order valence-electron chi connectivity index (χ2n) is 3.61. The van der Waals surface area contributed by atoms with E-state index in [0.717, 1.165) is 12.1 Å². The van der Waals surface area contributed by atoms with Gasteiger partial charge in [-0.05, 0) is 45.8 Å². The van der Waals surface area contributed by atoms with Crippen molar-refractivity contribution < 1.29 is 17.9 Å². The second kappa shape index (κ2) is 5.44. The van der Waals surface area contributed by atoms with Crippen LogP contribution in [0.3, 0.4) is 0 Å². The first kappa shape index (κ1) is 13.0. The van der Waals surface area contributed by atoms with Crippen molar-refractivity contribution in [3.05, 3.63) is 63.9 Å². The Morgan fingerprint density at radius 1 is 0.944 bits per heavy atom. The average molecular weight is 317 g/mol. The van der Waals surface area contributed by atoms with Crippen molar-refractivity contribution in [1.82, 2.24) is 0 Å². The van der Waals surface area contributed by atoms with Gasteiger partial charge in [0.15, 0.2) is 11.6 Å². The smallest absolute Gasteiger partial charge is 0.159 e. The average Bonchev–Trinajstić information content (AvgIpc) is 2.34. The molecule has 1 nitrogen and oxygen atoms in total. The molecule has 0 amide bonds. The van der Waals surface area contributed by atoms with Crippen molar-refractivity contribution in [3.8, 4) is 5.75 Å². The van der Waals surface area contributed by atoms with E-state index in [4.69, 9.17) is 4.74 Å². The molecule has 5 heteroatoms. The van der Waals surface area contributed by atoms with Gasteiger partial charge in [0.2, 0.25) is 0 Å². The summed E-state index contributed by atoms with van der Waals surface area (Å²) in [5.74, 6) is -1.97. The van der Waals surface area contributed by atoms with Gasteiger partial charge in [-0.1, -0.05) is 6.07 Å². The van der Waals surface area contributed by atoms with Crippen LogP contribution in [0.4, 0.5) is 13.2 Å². The van der Waals surface area contributed by atoms with Crippen molar-refractivity contribution in [1.29, 1.82) is 0 Å². The minimum Gasteiger partial charge on any atom is -0.488 e. The molecule has 0 atom stereocenters. The molecular weight excluding hydrogens is 309 g/mol. The molecule has 0 aliphatic heterocycles. The van der Waals surface area contributed by atoms with Crippen LogP contribution in [-0.4, -0.2) is 0 Å². The topological polar surface area (TPSA) is 9.23 Å². The summed E-state index contributed by atoms with van der Waals surface area (Å²) in [6.07, 6.45) is 0. The van der Waals surface area contributed by atoms with Crippen LogP contribution in [0.1, 0.15) is 5.56 Å². The summed E-state index contributed by atoms with van der Waals surface area (Å²) < 4.78 is 44.5. The summed E-state index contributed by atoms with van der Waals surface area (Å²) in [6.45, 7) is 0.0270. The number of hydrogen-bond acceptors (Lipinski definition) is 1. The van der Waals surface area contributed by atoms with Crippen molar-refractivity contribution in [3.63, 3.8) is 0 Å². The Bertz CT molecular complexity index is 572. The zero-order chi connectivity index (χ0) is 13.1. The first-order valence-electron chi connectivity index (χ1n) is 5.08. The summed E-state index contributed by atoms with van der Waals surface area (Å²) >= 11 is 3.20. The third kappa shape index (κ3) is 3.04. The Morgan fingerprint density at radius 2 is 1.72 bits per heavy atom. The highest BCUT2D eigenvalue weighted by atomic mass is 79.9. The molecule has 0 N–H and O–H groups in total. The monoisotopic (exact) mass is 316 g/mol. The highest BCUT2D eigenvalue weighted by molar-refractivity contribution is 9.10. The molecule has 2 rings (SSSR count). The molecule has 2 aromatic carbocycles. The molecule has 0 saturated carbocycles.